The van der Waals surface area contributed by atoms with Gasteiger partial charge in [-0.1, -0.05) is 30.3 Å². The second-order valence-electron chi connectivity index (χ2n) is 5.57. The molecule has 1 aromatic rings. The largest absolute Gasteiger partial charge is 0.467 e. The van der Waals surface area contributed by atoms with Gasteiger partial charge in [0.15, 0.2) is 11.9 Å². The molecule has 0 saturated carbocycles. The van der Waals surface area contributed by atoms with Crippen molar-refractivity contribution >= 4 is 11.9 Å². The zero-order valence-corrected chi connectivity index (χ0v) is 13.1. The van der Waals surface area contributed by atoms with Gasteiger partial charge in [0.1, 0.15) is 0 Å². The van der Waals surface area contributed by atoms with Crippen LogP contribution in [-0.4, -0.2) is 43.7 Å². The number of carbonyl (C=O) groups is 2. The molecule has 1 fully saturated rings. The minimum atomic E-state index is -1.58. The average molecular weight is 308 g/mol. The molecular weight excluding hydrogens is 288 g/mol. The molecule has 22 heavy (non-hydrogen) atoms. The number of hydrogen-bond acceptors (Lipinski definition) is 6. The highest BCUT2D eigenvalue weighted by Crippen LogP contribution is 2.40. The van der Waals surface area contributed by atoms with Gasteiger partial charge in [-0.3, -0.25) is 0 Å². The molecule has 2 rings (SSSR count). The van der Waals surface area contributed by atoms with E-state index in [0.29, 0.717) is 0 Å². The fourth-order valence-electron chi connectivity index (χ4n) is 2.66. The Morgan fingerprint density at radius 3 is 2.32 bits per heavy atom. The summed E-state index contributed by atoms with van der Waals surface area (Å²) in [4.78, 5) is 24.5. The number of ether oxygens (including phenoxy) is 4. The topological polar surface area (TPSA) is 71.1 Å². The Hall–Kier alpha value is -1.92. The summed E-state index contributed by atoms with van der Waals surface area (Å²) in [5, 5.41) is 0. The molecule has 2 atom stereocenters. The molecular formula is C16H20O6. The van der Waals surface area contributed by atoms with Crippen LogP contribution >= 0.6 is 0 Å². The van der Waals surface area contributed by atoms with Gasteiger partial charge in [-0.25, -0.2) is 9.59 Å². The van der Waals surface area contributed by atoms with E-state index in [9.17, 15) is 9.59 Å². The van der Waals surface area contributed by atoms with Crippen molar-refractivity contribution in [2.75, 3.05) is 14.2 Å². The lowest BCUT2D eigenvalue weighted by Crippen LogP contribution is -2.54. The Kier molecular flexibility index (Phi) is 4.53. The van der Waals surface area contributed by atoms with E-state index in [1.54, 1.807) is 13.8 Å². The van der Waals surface area contributed by atoms with Gasteiger partial charge in [0.25, 0.3) is 0 Å². The van der Waals surface area contributed by atoms with Crippen LogP contribution in [0, 0.1) is 0 Å². The van der Waals surface area contributed by atoms with Crippen LogP contribution in [0.1, 0.15) is 19.4 Å². The summed E-state index contributed by atoms with van der Waals surface area (Å²) in [6.07, 6.45) is -1.05. The highest BCUT2D eigenvalue weighted by molar-refractivity contribution is 5.90. The highest BCUT2D eigenvalue weighted by atomic mass is 16.8. The third-order valence-corrected chi connectivity index (χ3v) is 3.51. The second kappa shape index (κ2) is 6.06. The maximum Gasteiger partial charge on any atom is 0.342 e. The molecule has 0 radical (unpaired) electrons. The van der Waals surface area contributed by atoms with Gasteiger partial charge < -0.3 is 18.9 Å². The molecule has 0 unspecified atom stereocenters. The van der Waals surface area contributed by atoms with Crippen molar-refractivity contribution < 1.29 is 28.5 Å². The van der Waals surface area contributed by atoms with E-state index in [1.165, 1.54) is 14.2 Å². The summed E-state index contributed by atoms with van der Waals surface area (Å²) in [6, 6.07) is 9.23. The number of rotatable bonds is 4. The van der Waals surface area contributed by atoms with E-state index in [0.717, 1.165) is 5.56 Å². The molecule has 120 valence electrons. The van der Waals surface area contributed by atoms with Crippen molar-refractivity contribution in [2.45, 2.75) is 37.8 Å². The maximum atomic E-state index is 12.4. The zero-order valence-electron chi connectivity index (χ0n) is 13.1. The predicted octanol–water partition coefficient (Wildman–Crippen LogP) is 1.47. The normalized spacial score (nSPS) is 26.5. The van der Waals surface area contributed by atoms with Crippen LogP contribution in [0.4, 0.5) is 0 Å². The maximum absolute atomic E-state index is 12.4. The van der Waals surface area contributed by atoms with Gasteiger partial charge in [-0.2, -0.15) is 0 Å². The summed E-state index contributed by atoms with van der Waals surface area (Å²) in [5.41, 5.74) is -0.754. The molecule has 1 saturated heterocycles. The Morgan fingerprint density at radius 2 is 1.77 bits per heavy atom. The third kappa shape index (κ3) is 2.98. The summed E-state index contributed by atoms with van der Waals surface area (Å²) >= 11 is 0. The van der Waals surface area contributed by atoms with Gasteiger partial charge in [0.2, 0.25) is 5.60 Å². The fraction of sp³-hybridized carbons (Fsp3) is 0.500. The van der Waals surface area contributed by atoms with E-state index in [-0.39, 0.29) is 6.42 Å². The first-order valence-electron chi connectivity index (χ1n) is 6.93. The van der Waals surface area contributed by atoms with E-state index in [4.69, 9.17) is 18.9 Å². The minimum absolute atomic E-state index is 0.143. The Balaban J connectivity index is 2.46. The first-order chi connectivity index (χ1) is 10.3. The third-order valence-electron chi connectivity index (χ3n) is 3.51. The van der Waals surface area contributed by atoms with Crippen LogP contribution in [0.15, 0.2) is 30.3 Å². The lowest BCUT2D eigenvalue weighted by Gasteiger charge is -2.29. The smallest absolute Gasteiger partial charge is 0.342 e. The monoisotopic (exact) mass is 308 g/mol. The first kappa shape index (κ1) is 16.5. The van der Waals surface area contributed by atoms with E-state index in [2.05, 4.69) is 0 Å². The van der Waals surface area contributed by atoms with E-state index >= 15 is 0 Å². The lowest BCUT2D eigenvalue weighted by atomic mass is 9.89. The van der Waals surface area contributed by atoms with Gasteiger partial charge in [0, 0.05) is 6.42 Å². The molecule has 1 aliphatic heterocycles. The molecule has 1 aromatic carbocycles. The SMILES string of the molecule is COC(=O)[C@@H]1OC(C)(C)O[C@@]1(Cc1ccccc1)C(=O)OC. The van der Waals surface area contributed by atoms with Gasteiger partial charge in [0.05, 0.1) is 14.2 Å². The number of esters is 2. The van der Waals surface area contributed by atoms with E-state index < -0.39 is 29.4 Å². The molecule has 1 heterocycles. The Labute approximate surface area is 129 Å². The lowest BCUT2D eigenvalue weighted by molar-refractivity contribution is -0.187. The molecule has 0 bridgehead atoms. The molecule has 6 heteroatoms. The molecule has 0 aliphatic carbocycles. The number of methoxy groups -OCH3 is 2. The first-order valence-corrected chi connectivity index (χ1v) is 6.93. The number of carbonyl (C=O) groups excluding carboxylic acids is 2. The molecule has 0 N–H and O–H groups in total. The molecule has 0 amide bonds. The number of benzene rings is 1. The summed E-state index contributed by atoms with van der Waals surface area (Å²) in [5.74, 6) is -2.45. The van der Waals surface area contributed by atoms with Crippen molar-refractivity contribution in [3.63, 3.8) is 0 Å². The van der Waals surface area contributed by atoms with Crippen LogP contribution in [0.5, 0.6) is 0 Å². The standard InChI is InChI=1S/C16H20O6/c1-15(2)21-12(13(17)19-3)16(22-15,14(18)20-4)10-11-8-6-5-7-9-11/h5-9,12H,10H2,1-4H3/t12-,16+/m0/s1. The van der Waals surface area contributed by atoms with Crippen molar-refractivity contribution in [1.82, 2.24) is 0 Å². The van der Waals surface area contributed by atoms with Crippen molar-refractivity contribution in [3.05, 3.63) is 35.9 Å². The van der Waals surface area contributed by atoms with Crippen molar-refractivity contribution in [3.8, 4) is 0 Å². The van der Waals surface area contributed by atoms with Crippen molar-refractivity contribution in [1.29, 1.82) is 0 Å². The van der Waals surface area contributed by atoms with Gasteiger partial charge in [-0.05, 0) is 19.4 Å². The summed E-state index contributed by atoms with van der Waals surface area (Å²) in [6.45, 7) is 3.28. The average Bonchev–Trinajstić information content (AvgIpc) is 2.78. The predicted molar refractivity (Wildman–Crippen MR) is 76.9 cm³/mol. The van der Waals surface area contributed by atoms with Gasteiger partial charge in [-0.15, -0.1) is 0 Å². The molecule has 6 nitrogen and oxygen atoms in total. The van der Waals surface area contributed by atoms with Crippen LogP contribution in [0.2, 0.25) is 0 Å². The second-order valence-corrected chi connectivity index (χ2v) is 5.57. The molecule has 0 spiro atoms. The molecule has 0 aromatic heterocycles. The van der Waals surface area contributed by atoms with E-state index in [1.807, 2.05) is 30.3 Å². The molecule has 1 aliphatic rings. The summed E-state index contributed by atoms with van der Waals surface area (Å²) in [7, 11) is 2.49. The van der Waals surface area contributed by atoms with Crippen LogP contribution < -0.4 is 0 Å². The number of hydrogen-bond donors (Lipinski definition) is 0. The van der Waals surface area contributed by atoms with Crippen molar-refractivity contribution in [2.24, 2.45) is 0 Å². The van der Waals surface area contributed by atoms with Crippen LogP contribution in [0.25, 0.3) is 0 Å². The quantitative estimate of drug-likeness (QED) is 0.784. The highest BCUT2D eigenvalue weighted by Gasteiger charge is 2.62. The summed E-state index contributed by atoms with van der Waals surface area (Å²) < 4.78 is 21.1. The van der Waals surface area contributed by atoms with Crippen LogP contribution in [-0.2, 0) is 35.0 Å². The van der Waals surface area contributed by atoms with Gasteiger partial charge >= 0.3 is 11.9 Å². The Bertz CT molecular complexity index is 553. The minimum Gasteiger partial charge on any atom is -0.467 e. The van der Waals surface area contributed by atoms with Crippen LogP contribution in [0.3, 0.4) is 0 Å². The Morgan fingerprint density at radius 1 is 1.14 bits per heavy atom. The zero-order chi connectivity index (χ0) is 16.4. The fourth-order valence-corrected chi connectivity index (χ4v) is 2.66.